The molecule has 0 saturated heterocycles. The Bertz CT molecular complexity index is 569. The van der Waals surface area contributed by atoms with Gasteiger partial charge in [0.15, 0.2) is 0 Å². The Labute approximate surface area is 98.7 Å². The summed E-state index contributed by atoms with van der Waals surface area (Å²) in [6.07, 6.45) is 0.806. The van der Waals surface area contributed by atoms with Gasteiger partial charge in [-0.2, -0.15) is 0 Å². The average Bonchev–Trinajstić information content (AvgIpc) is 2.59. The number of nitrogens with one attached hydrogen (secondary N) is 1. The molecule has 1 heterocycles. The lowest BCUT2D eigenvalue weighted by atomic mass is 10.2. The molecule has 3 nitrogen and oxygen atoms in total. The van der Waals surface area contributed by atoms with Gasteiger partial charge in [-0.05, 0) is 37.1 Å². The fraction of sp³-hybridized carbons (Fsp3) is 0.250. The van der Waals surface area contributed by atoms with E-state index in [9.17, 15) is 4.79 Å². The Morgan fingerprint density at radius 3 is 2.75 bits per heavy atom. The molecule has 0 aliphatic rings. The van der Waals surface area contributed by atoms with Crippen molar-refractivity contribution in [3.05, 3.63) is 50.9 Å². The maximum atomic E-state index is 11.3. The Balaban J connectivity index is 2.62. The van der Waals surface area contributed by atoms with Crippen LogP contribution in [0.4, 0.5) is 0 Å². The Kier molecular flexibility index (Phi) is 2.88. The summed E-state index contributed by atoms with van der Waals surface area (Å²) < 4.78 is 1.81. The topological polar surface area (TPSA) is 37.8 Å². The summed E-state index contributed by atoms with van der Waals surface area (Å²) in [6.45, 7) is 3.99. The van der Waals surface area contributed by atoms with E-state index in [0.29, 0.717) is 5.02 Å². The molecule has 1 aromatic heterocycles. The first kappa shape index (κ1) is 11.0. The van der Waals surface area contributed by atoms with Gasteiger partial charge in [-0.15, -0.1) is 0 Å². The molecular formula is C12H13ClN2O. The highest BCUT2D eigenvalue weighted by Crippen LogP contribution is 2.19. The highest BCUT2D eigenvalue weighted by atomic mass is 35.5. The maximum absolute atomic E-state index is 11.3. The van der Waals surface area contributed by atoms with Gasteiger partial charge >= 0.3 is 0 Å². The van der Waals surface area contributed by atoms with Crippen LogP contribution in [0.1, 0.15) is 18.2 Å². The van der Waals surface area contributed by atoms with Crippen LogP contribution in [-0.2, 0) is 6.42 Å². The van der Waals surface area contributed by atoms with Crippen molar-refractivity contribution < 1.29 is 0 Å². The smallest absolute Gasteiger partial charge is 0.264 e. The van der Waals surface area contributed by atoms with E-state index in [1.54, 1.807) is 6.07 Å². The van der Waals surface area contributed by atoms with Gasteiger partial charge in [0.2, 0.25) is 0 Å². The van der Waals surface area contributed by atoms with E-state index in [2.05, 4.69) is 5.10 Å². The molecule has 4 heteroatoms. The second-order valence-corrected chi connectivity index (χ2v) is 4.17. The number of halogens is 1. The standard InChI is InChI=1S/C12H13ClN2O/c1-3-10-7-12(16)14-15(10)11-5-4-9(13)6-8(11)2/h4-7H,3H2,1-2H3,(H,14,16). The molecule has 0 spiro atoms. The van der Waals surface area contributed by atoms with E-state index in [1.807, 2.05) is 36.7 Å². The third-order valence-electron chi connectivity index (χ3n) is 2.57. The van der Waals surface area contributed by atoms with E-state index < -0.39 is 0 Å². The predicted molar refractivity (Wildman–Crippen MR) is 65.5 cm³/mol. The molecule has 84 valence electrons. The van der Waals surface area contributed by atoms with Crippen LogP contribution in [0.25, 0.3) is 5.69 Å². The zero-order chi connectivity index (χ0) is 11.7. The first-order valence-corrected chi connectivity index (χ1v) is 5.57. The van der Waals surface area contributed by atoms with E-state index in [-0.39, 0.29) is 5.56 Å². The van der Waals surface area contributed by atoms with E-state index >= 15 is 0 Å². The molecule has 16 heavy (non-hydrogen) atoms. The van der Waals surface area contributed by atoms with Crippen LogP contribution in [0.5, 0.6) is 0 Å². The van der Waals surface area contributed by atoms with Gasteiger partial charge in [0, 0.05) is 16.8 Å². The van der Waals surface area contributed by atoms with E-state index in [1.165, 1.54) is 0 Å². The molecule has 0 fully saturated rings. The van der Waals surface area contributed by atoms with Crippen molar-refractivity contribution in [2.75, 3.05) is 0 Å². The van der Waals surface area contributed by atoms with Crippen molar-refractivity contribution in [3.8, 4) is 5.69 Å². The summed E-state index contributed by atoms with van der Waals surface area (Å²) in [5, 5.41) is 3.49. The van der Waals surface area contributed by atoms with Crippen molar-refractivity contribution in [2.45, 2.75) is 20.3 Å². The van der Waals surface area contributed by atoms with Crippen molar-refractivity contribution in [3.63, 3.8) is 0 Å². The van der Waals surface area contributed by atoms with Crippen LogP contribution >= 0.6 is 11.6 Å². The number of aromatic nitrogens is 2. The average molecular weight is 237 g/mol. The first-order chi connectivity index (χ1) is 7.61. The van der Waals surface area contributed by atoms with Gasteiger partial charge in [0.05, 0.1) is 5.69 Å². The number of hydrogen-bond acceptors (Lipinski definition) is 1. The number of nitrogens with zero attached hydrogens (tertiary/aromatic N) is 1. The quantitative estimate of drug-likeness (QED) is 0.856. The van der Waals surface area contributed by atoms with Gasteiger partial charge in [-0.1, -0.05) is 18.5 Å². The zero-order valence-corrected chi connectivity index (χ0v) is 10.0. The summed E-state index contributed by atoms with van der Waals surface area (Å²) in [5.41, 5.74) is 2.89. The Morgan fingerprint density at radius 1 is 1.38 bits per heavy atom. The highest BCUT2D eigenvalue weighted by Gasteiger charge is 2.07. The maximum Gasteiger partial charge on any atom is 0.264 e. The van der Waals surface area contributed by atoms with Crippen LogP contribution in [0.15, 0.2) is 29.1 Å². The number of benzene rings is 1. The van der Waals surface area contributed by atoms with Gasteiger partial charge in [0.25, 0.3) is 5.56 Å². The summed E-state index contributed by atoms with van der Waals surface area (Å²) in [6, 6.07) is 7.23. The third kappa shape index (κ3) is 1.91. The van der Waals surface area contributed by atoms with Gasteiger partial charge in [-0.3, -0.25) is 14.6 Å². The molecule has 2 aromatic rings. The minimum atomic E-state index is -0.0776. The minimum Gasteiger partial charge on any atom is -0.268 e. The van der Waals surface area contributed by atoms with E-state index in [4.69, 9.17) is 11.6 Å². The molecule has 0 unspecified atom stereocenters. The van der Waals surface area contributed by atoms with Crippen LogP contribution in [-0.4, -0.2) is 9.78 Å². The van der Waals surface area contributed by atoms with E-state index in [0.717, 1.165) is 23.4 Å². The van der Waals surface area contributed by atoms with Crippen LogP contribution in [0, 0.1) is 6.92 Å². The monoisotopic (exact) mass is 236 g/mol. The van der Waals surface area contributed by atoms with Gasteiger partial charge in [-0.25, -0.2) is 0 Å². The van der Waals surface area contributed by atoms with Gasteiger partial charge < -0.3 is 0 Å². The molecule has 2 rings (SSSR count). The Morgan fingerprint density at radius 2 is 2.12 bits per heavy atom. The summed E-state index contributed by atoms with van der Waals surface area (Å²) in [5.74, 6) is 0. The molecule has 0 atom stereocenters. The summed E-state index contributed by atoms with van der Waals surface area (Å²) in [7, 11) is 0. The molecule has 0 saturated carbocycles. The number of hydrogen-bond donors (Lipinski definition) is 1. The fourth-order valence-electron chi connectivity index (χ4n) is 1.78. The van der Waals surface area contributed by atoms with Crippen LogP contribution in [0.2, 0.25) is 5.02 Å². The van der Waals surface area contributed by atoms with Crippen LogP contribution in [0.3, 0.4) is 0 Å². The lowest BCUT2D eigenvalue weighted by Gasteiger charge is -2.10. The fourth-order valence-corrected chi connectivity index (χ4v) is 2.00. The molecule has 0 aliphatic carbocycles. The normalized spacial score (nSPS) is 10.7. The predicted octanol–water partition coefficient (Wildman–Crippen LogP) is 2.69. The van der Waals surface area contributed by atoms with Crippen molar-refractivity contribution in [2.24, 2.45) is 0 Å². The molecule has 0 amide bonds. The van der Waals surface area contributed by atoms with Crippen molar-refractivity contribution in [1.82, 2.24) is 9.78 Å². The van der Waals surface area contributed by atoms with Crippen molar-refractivity contribution >= 4 is 11.6 Å². The summed E-state index contributed by atoms with van der Waals surface area (Å²) >= 11 is 5.90. The second-order valence-electron chi connectivity index (χ2n) is 3.73. The number of aryl methyl sites for hydroxylation is 2. The molecular weight excluding hydrogens is 224 g/mol. The lowest BCUT2D eigenvalue weighted by Crippen LogP contribution is -2.06. The van der Waals surface area contributed by atoms with Crippen molar-refractivity contribution in [1.29, 1.82) is 0 Å². The largest absolute Gasteiger partial charge is 0.268 e. The molecule has 0 bridgehead atoms. The highest BCUT2D eigenvalue weighted by molar-refractivity contribution is 6.30. The minimum absolute atomic E-state index is 0.0776. The number of H-pyrrole nitrogens is 1. The SMILES string of the molecule is CCc1cc(=O)[nH]n1-c1ccc(Cl)cc1C. The Hall–Kier alpha value is -1.48. The zero-order valence-electron chi connectivity index (χ0n) is 9.25. The molecule has 1 N–H and O–H groups in total. The molecule has 1 aromatic carbocycles. The van der Waals surface area contributed by atoms with Crippen LogP contribution < -0.4 is 5.56 Å². The van der Waals surface area contributed by atoms with Gasteiger partial charge in [0.1, 0.15) is 0 Å². The molecule has 0 aliphatic heterocycles. The first-order valence-electron chi connectivity index (χ1n) is 5.19. The number of aromatic amines is 1. The molecule has 0 radical (unpaired) electrons. The second kappa shape index (κ2) is 4.18. The lowest BCUT2D eigenvalue weighted by molar-refractivity contribution is 0.800. The third-order valence-corrected chi connectivity index (χ3v) is 2.80. The summed E-state index contributed by atoms with van der Waals surface area (Å²) in [4.78, 5) is 11.3. The number of rotatable bonds is 2.